The van der Waals surface area contributed by atoms with Crippen molar-refractivity contribution in [3.05, 3.63) is 63.1 Å². The summed E-state index contributed by atoms with van der Waals surface area (Å²) in [6.07, 6.45) is 5.26. The Bertz CT molecular complexity index is 725. The Morgan fingerprint density at radius 3 is 2.36 bits per heavy atom. The number of nitrogens with one attached hydrogen (secondary N) is 1. The molecule has 0 bridgehead atoms. The zero-order chi connectivity index (χ0) is 17.6. The quantitative estimate of drug-likeness (QED) is 0.683. The van der Waals surface area contributed by atoms with Crippen LogP contribution in [0.1, 0.15) is 41.6 Å². The first kappa shape index (κ1) is 18.4. The molecule has 0 aliphatic carbocycles. The fourth-order valence-corrected chi connectivity index (χ4v) is 3.52. The maximum Gasteiger partial charge on any atom is 0.255 e. The number of hydrogen-bond donors (Lipinski definition) is 1. The van der Waals surface area contributed by atoms with Gasteiger partial charge in [0.15, 0.2) is 0 Å². The second kappa shape index (κ2) is 8.84. The van der Waals surface area contributed by atoms with E-state index in [9.17, 15) is 4.79 Å². The number of likely N-dealkylation sites (tertiary alicyclic amines) is 1. The molecular formula is C20H22BrClN2O. The molecule has 0 radical (unpaired) electrons. The third kappa shape index (κ3) is 5.30. The lowest BCUT2D eigenvalue weighted by Gasteiger charge is -2.19. The van der Waals surface area contributed by atoms with Crippen LogP contribution in [0.5, 0.6) is 0 Å². The van der Waals surface area contributed by atoms with E-state index in [1.165, 1.54) is 44.3 Å². The average molecular weight is 422 g/mol. The number of amides is 1. The molecule has 132 valence electrons. The minimum atomic E-state index is -0.125. The highest BCUT2D eigenvalue weighted by molar-refractivity contribution is 9.10. The van der Waals surface area contributed by atoms with Crippen LogP contribution in [0.4, 0.5) is 5.69 Å². The molecule has 1 aliphatic heterocycles. The van der Waals surface area contributed by atoms with Crippen LogP contribution in [0.3, 0.4) is 0 Å². The number of hydrogen-bond acceptors (Lipinski definition) is 2. The first-order valence-electron chi connectivity index (χ1n) is 8.69. The van der Waals surface area contributed by atoms with E-state index < -0.39 is 0 Å². The van der Waals surface area contributed by atoms with Gasteiger partial charge < -0.3 is 5.32 Å². The van der Waals surface area contributed by atoms with Gasteiger partial charge in [-0.25, -0.2) is 0 Å². The smallest absolute Gasteiger partial charge is 0.255 e. The van der Waals surface area contributed by atoms with Gasteiger partial charge in [-0.05, 0) is 77.8 Å². The van der Waals surface area contributed by atoms with Crippen LogP contribution in [0.2, 0.25) is 5.02 Å². The molecule has 2 aromatic rings. The molecule has 1 saturated heterocycles. The van der Waals surface area contributed by atoms with Crippen molar-refractivity contribution in [3.8, 4) is 0 Å². The Morgan fingerprint density at radius 1 is 1.04 bits per heavy atom. The molecule has 0 spiro atoms. The first-order valence-corrected chi connectivity index (χ1v) is 9.86. The molecular weight excluding hydrogens is 400 g/mol. The number of halogens is 2. The van der Waals surface area contributed by atoms with Gasteiger partial charge in [-0.1, -0.05) is 36.6 Å². The molecule has 1 fully saturated rings. The number of anilines is 1. The number of benzene rings is 2. The van der Waals surface area contributed by atoms with Crippen molar-refractivity contribution < 1.29 is 4.79 Å². The number of carbonyl (C=O) groups excluding carboxylic acids is 1. The zero-order valence-corrected chi connectivity index (χ0v) is 16.4. The molecule has 0 aromatic heterocycles. The minimum absolute atomic E-state index is 0.125. The molecule has 1 aliphatic rings. The number of rotatable bonds is 4. The molecule has 3 rings (SSSR count). The Balaban J connectivity index is 1.60. The van der Waals surface area contributed by atoms with E-state index in [-0.39, 0.29) is 5.91 Å². The highest BCUT2D eigenvalue weighted by Gasteiger charge is 2.11. The summed E-state index contributed by atoms with van der Waals surface area (Å²) in [6.45, 7) is 3.31. The fourth-order valence-electron chi connectivity index (χ4n) is 3.09. The third-order valence-corrected chi connectivity index (χ3v) is 5.73. The fraction of sp³-hybridized carbons (Fsp3) is 0.350. The van der Waals surface area contributed by atoms with E-state index in [2.05, 4.69) is 26.1 Å². The predicted molar refractivity (Wildman–Crippen MR) is 107 cm³/mol. The monoisotopic (exact) mass is 420 g/mol. The first-order chi connectivity index (χ1) is 12.1. The van der Waals surface area contributed by atoms with Gasteiger partial charge in [0.25, 0.3) is 5.91 Å². The van der Waals surface area contributed by atoms with Crippen molar-refractivity contribution in [1.29, 1.82) is 0 Å². The Labute approximate surface area is 162 Å². The van der Waals surface area contributed by atoms with Gasteiger partial charge in [0.1, 0.15) is 0 Å². The molecule has 0 atom stereocenters. The van der Waals surface area contributed by atoms with Crippen molar-refractivity contribution in [3.63, 3.8) is 0 Å². The number of nitrogens with zero attached hydrogens (tertiary/aromatic N) is 1. The van der Waals surface area contributed by atoms with Gasteiger partial charge in [-0.15, -0.1) is 0 Å². The number of carbonyl (C=O) groups is 1. The predicted octanol–water partition coefficient (Wildman–Crippen LogP) is 5.73. The van der Waals surface area contributed by atoms with Crippen LogP contribution in [0.25, 0.3) is 0 Å². The lowest BCUT2D eigenvalue weighted by molar-refractivity contribution is 0.102. The maximum atomic E-state index is 12.4. The van der Waals surface area contributed by atoms with Crippen molar-refractivity contribution in [2.24, 2.45) is 0 Å². The summed E-state index contributed by atoms with van der Waals surface area (Å²) in [4.78, 5) is 14.9. The summed E-state index contributed by atoms with van der Waals surface area (Å²) in [6, 6.07) is 13.3. The molecule has 1 heterocycles. The summed E-state index contributed by atoms with van der Waals surface area (Å²) >= 11 is 9.41. The lowest BCUT2D eigenvalue weighted by Crippen LogP contribution is -2.24. The van der Waals surface area contributed by atoms with E-state index in [1.54, 1.807) is 6.07 Å². The third-order valence-electron chi connectivity index (χ3n) is 4.50. The van der Waals surface area contributed by atoms with Crippen LogP contribution in [0.15, 0.2) is 46.9 Å². The highest BCUT2D eigenvalue weighted by atomic mass is 79.9. The SMILES string of the molecule is O=C(Nc1ccc(Br)c(Cl)c1)c1ccc(CN2CCCCCC2)cc1. The zero-order valence-electron chi connectivity index (χ0n) is 14.1. The van der Waals surface area contributed by atoms with Gasteiger partial charge in [0.2, 0.25) is 0 Å². The summed E-state index contributed by atoms with van der Waals surface area (Å²) in [5, 5.41) is 3.46. The highest BCUT2D eigenvalue weighted by Crippen LogP contribution is 2.25. The average Bonchev–Trinajstić information content (AvgIpc) is 2.87. The topological polar surface area (TPSA) is 32.3 Å². The van der Waals surface area contributed by atoms with Crippen molar-refractivity contribution in [2.75, 3.05) is 18.4 Å². The second-order valence-electron chi connectivity index (χ2n) is 6.47. The summed E-state index contributed by atoms with van der Waals surface area (Å²) in [5.41, 5.74) is 2.59. The van der Waals surface area contributed by atoms with Gasteiger partial charge >= 0.3 is 0 Å². The van der Waals surface area contributed by atoms with E-state index >= 15 is 0 Å². The molecule has 1 amide bonds. The summed E-state index contributed by atoms with van der Waals surface area (Å²) in [5.74, 6) is -0.125. The van der Waals surface area contributed by atoms with Crippen molar-refractivity contribution in [2.45, 2.75) is 32.2 Å². The molecule has 3 nitrogen and oxygen atoms in total. The normalized spacial score (nSPS) is 15.6. The van der Waals surface area contributed by atoms with Crippen molar-refractivity contribution in [1.82, 2.24) is 4.90 Å². The Hall–Kier alpha value is -1.36. The van der Waals surface area contributed by atoms with E-state index in [4.69, 9.17) is 11.6 Å². The van der Waals surface area contributed by atoms with Gasteiger partial charge in [0, 0.05) is 22.3 Å². The van der Waals surface area contributed by atoms with Gasteiger partial charge in [0.05, 0.1) is 5.02 Å². The van der Waals surface area contributed by atoms with Crippen LogP contribution < -0.4 is 5.32 Å². The van der Waals surface area contributed by atoms with Gasteiger partial charge in [-0.3, -0.25) is 9.69 Å². The summed E-state index contributed by atoms with van der Waals surface area (Å²) in [7, 11) is 0. The molecule has 2 aromatic carbocycles. The van der Waals surface area contributed by atoms with Crippen LogP contribution >= 0.6 is 27.5 Å². The van der Waals surface area contributed by atoms with Crippen molar-refractivity contribution >= 4 is 39.1 Å². The van der Waals surface area contributed by atoms with Crippen LogP contribution in [-0.4, -0.2) is 23.9 Å². The molecule has 0 saturated carbocycles. The Morgan fingerprint density at radius 2 is 1.72 bits per heavy atom. The molecule has 1 N–H and O–H groups in total. The van der Waals surface area contributed by atoms with Gasteiger partial charge in [-0.2, -0.15) is 0 Å². The van der Waals surface area contributed by atoms with Crippen LogP contribution in [-0.2, 0) is 6.54 Å². The maximum absolute atomic E-state index is 12.4. The minimum Gasteiger partial charge on any atom is -0.322 e. The van der Waals surface area contributed by atoms with Crippen LogP contribution in [0, 0.1) is 0 Å². The van der Waals surface area contributed by atoms with E-state index in [0.717, 1.165) is 11.0 Å². The largest absolute Gasteiger partial charge is 0.322 e. The molecule has 0 unspecified atom stereocenters. The lowest BCUT2D eigenvalue weighted by atomic mass is 10.1. The Kier molecular flexibility index (Phi) is 6.51. The second-order valence-corrected chi connectivity index (χ2v) is 7.73. The van der Waals surface area contributed by atoms with E-state index in [0.29, 0.717) is 16.3 Å². The molecule has 5 heteroatoms. The summed E-state index contributed by atoms with van der Waals surface area (Å²) < 4.78 is 0.810. The standard InChI is InChI=1S/C20H22BrClN2O/c21-18-10-9-17(13-19(18)22)23-20(25)16-7-5-15(6-8-16)14-24-11-3-1-2-4-12-24/h5-10,13H,1-4,11-12,14H2,(H,23,25). The van der Waals surface area contributed by atoms with E-state index in [1.807, 2.05) is 36.4 Å². The molecule has 25 heavy (non-hydrogen) atoms.